The Balaban J connectivity index is 3.35. The van der Waals surface area contributed by atoms with Gasteiger partial charge in [0.15, 0.2) is 0 Å². The van der Waals surface area contributed by atoms with Crippen molar-refractivity contribution in [3.63, 3.8) is 0 Å². The van der Waals surface area contributed by atoms with Crippen LogP contribution in [0.5, 0.6) is 0 Å². The normalized spacial score (nSPS) is 14.2. The molecule has 0 aliphatic rings. The molecule has 4 heteroatoms. The van der Waals surface area contributed by atoms with Crippen molar-refractivity contribution < 1.29 is 19.7 Å². The van der Waals surface area contributed by atoms with Gasteiger partial charge in [-0.05, 0) is 31.6 Å². The molecule has 0 aliphatic heterocycles. The lowest BCUT2D eigenvalue weighted by Gasteiger charge is -2.08. The van der Waals surface area contributed by atoms with Crippen LogP contribution in [-0.4, -0.2) is 35.5 Å². The summed E-state index contributed by atoms with van der Waals surface area (Å²) in [5.74, 6) is 0.484. The average molecular weight is 355 g/mol. The molecule has 0 amide bonds. The Bertz CT molecular complexity index is 363. The summed E-state index contributed by atoms with van der Waals surface area (Å²) in [7, 11) is 0. The summed E-state index contributed by atoms with van der Waals surface area (Å²) in [6, 6.07) is 0. The first-order valence-corrected chi connectivity index (χ1v) is 9.86. The molecule has 0 aromatic carbocycles. The third-order valence-corrected chi connectivity index (χ3v) is 4.27. The van der Waals surface area contributed by atoms with Crippen LogP contribution >= 0.6 is 0 Å². The van der Waals surface area contributed by atoms with Gasteiger partial charge in [-0.1, -0.05) is 70.3 Å². The highest BCUT2D eigenvalue weighted by Crippen LogP contribution is 2.10. The first-order chi connectivity index (χ1) is 12.1. The van der Waals surface area contributed by atoms with Crippen LogP contribution in [0.4, 0.5) is 0 Å². The molecule has 4 nitrogen and oxygen atoms in total. The predicted molar refractivity (Wildman–Crippen MR) is 103 cm³/mol. The molecule has 0 heterocycles. The molecule has 0 rings (SSSR count). The minimum atomic E-state index is -0.964. The number of rotatable bonds is 16. The van der Waals surface area contributed by atoms with Crippen LogP contribution < -0.4 is 0 Å². The summed E-state index contributed by atoms with van der Waals surface area (Å²) >= 11 is 0. The summed E-state index contributed by atoms with van der Waals surface area (Å²) in [6.45, 7) is 4.01. The highest BCUT2D eigenvalue weighted by molar-refractivity contribution is 5.69. The van der Waals surface area contributed by atoms with E-state index in [1.54, 1.807) is 0 Å². The van der Waals surface area contributed by atoms with Gasteiger partial charge in [0.2, 0.25) is 0 Å². The molecule has 0 aromatic rings. The maximum Gasteiger partial charge on any atom is 0.305 e. The third kappa shape index (κ3) is 17.5. The summed E-state index contributed by atoms with van der Waals surface area (Å²) in [4.78, 5) is 11.4. The zero-order chi connectivity index (χ0) is 18.8. The van der Waals surface area contributed by atoms with Gasteiger partial charge in [0, 0.05) is 6.42 Å². The zero-order valence-corrected chi connectivity index (χ0v) is 16.2. The summed E-state index contributed by atoms with van der Waals surface area (Å²) < 4.78 is 4.85. The van der Waals surface area contributed by atoms with E-state index in [0.29, 0.717) is 6.42 Å². The van der Waals surface area contributed by atoms with E-state index in [4.69, 9.17) is 14.9 Å². The van der Waals surface area contributed by atoms with Crippen LogP contribution in [0.2, 0.25) is 0 Å². The Hall–Kier alpha value is -1.13. The molecular weight excluding hydrogens is 316 g/mol. The fourth-order valence-corrected chi connectivity index (χ4v) is 2.28. The van der Waals surface area contributed by atoms with Gasteiger partial charge in [0.25, 0.3) is 0 Å². The SMILES string of the molecule is CCC(C)C/C=C/C=C/CCCCCCCCC(=O)OCC(O)CO. The van der Waals surface area contributed by atoms with Crippen molar-refractivity contribution in [2.75, 3.05) is 13.2 Å². The maximum absolute atomic E-state index is 11.4. The van der Waals surface area contributed by atoms with E-state index in [-0.39, 0.29) is 19.2 Å². The van der Waals surface area contributed by atoms with Crippen LogP contribution in [0, 0.1) is 5.92 Å². The molecule has 0 aromatic heterocycles. The molecule has 0 bridgehead atoms. The number of esters is 1. The van der Waals surface area contributed by atoms with E-state index in [0.717, 1.165) is 38.0 Å². The van der Waals surface area contributed by atoms with Gasteiger partial charge in [-0.15, -0.1) is 0 Å². The van der Waals surface area contributed by atoms with Crippen LogP contribution in [0.3, 0.4) is 0 Å². The van der Waals surface area contributed by atoms with Crippen molar-refractivity contribution in [2.45, 2.75) is 84.2 Å². The molecule has 2 unspecified atom stereocenters. The lowest BCUT2D eigenvalue weighted by molar-refractivity contribution is -0.147. The van der Waals surface area contributed by atoms with Crippen molar-refractivity contribution in [1.82, 2.24) is 0 Å². The molecule has 0 fully saturated rings. The fourth-order valence-electron chi connectivity index (χ4n) is 2.28. The van der Waals surface area contributed by atoms with E-state index < -0.39 is 6.10 Å². The number of hydrogen-bond donors (Lipinski definition) is 2. The molecule has 0 saturated heterocycles. The Morgan fingerprint density at radius 1 is 1.04 bits per heavy atom. The van der Waals surface area contributed by atoms with Gasteiger partial charge in [-0.3, -0.25) is 4.79 Å². The summed E-state index contributed by atoms with van der Waals surface area (Å²) in [6.07, 6.45) is 18.4. The second-order valence-electron chi connectivity index (χ2n) is 6.78. The standard InChI is InChI=1S/C21H38O4/c1-3-19(2)15-13-11-9-7-5-4-6-8-10-12-14-16-21(24)25-18-20(23)17-22/h7,9,11,13,19-20,22-23H,3-6,8,10,12,14-18H2,1-2H3/b9-7+,13-11+. The lowest BCUT2D eigenvalue weighted by Crippen LogP contribution is -2.21. The van der Waals surface area contributed by atoms with Crippen LogP contribution in [0.1, 0.15) is 78.1 Å². The number of allylic oxidation sites excluding steroid dienone is 4. The molecule has 0 saturated carbocycles. The van der Waals surface area contributed by atoms with Crippen molar-refractivity contribution >= 4 is 5.97 Å². The third-order valence-electron chi connectivity index (χ3n) is 4.27. The number of ether oxygens (including phenoxy) is 1. The summed E-state index contributed by atoms with van der Waals surface area (Å²) in [5, 5.41) is 17.7. The Morgan fingerprint density at radius 3 is 2.36 bits per heavy atom. The zero-order valence-electron chi connectivity index (χ0n) is 16.2. The number of carbonyl (C=O) groups is 1. The first-order valence-electron chi connectivity index (χ1n) is 9.86. The lowest BCUT2D eigenvalue weighted by atomic mass is 10.1. The summed E-state index contributed by atoms with van der Waals surface area (Å²) in [5.41, 5.74) is 0. The van der Waals surface area contributed by atoms with Crippen LogP contribution in [0.15, 0.2) is 24.3 Å². The second kappa shape index (κ2) is 17.7. The van der Waals surface area contributed by atoms with Crippen LogP contribution in [-0.2, 0) is 9.53 Å². The van der Waals surface area contributed by atoms with Crippen molar-refractivity contribution in [1.29, 1.82) is 0 Å². The molecule has 0 spiro atoms. The molecule has 0 aliphatic carbocycles. The topological polar surface area (TPSA) is 66.8 Å². The number of carbonyl (C=O) groups excluding carboxylic acids is 1. The number of aliphatic hydroxyl groups is 2. The van der Waals surface area contributed by atoms with E-state index >= 15 is 0 Å². The highest BCUT2D eigenvalue weighted by Gasteiger charge is 2.07. The van der Waals surface area contributed by atoms with Gasteiger partial charge in [0.1, 0.15) is 12.7 Å². The molecule has 0 radical (unpaired) electrons. The Kier molecular flexibility index (Phi) is 16.9. The largest absolute Gasteiger partial charge is 0.463 e. The maximum atomic E-state index is 11.4. The highest BCUT2D eigenvalue weighted by atomic mass is 16.5. The number of hydrogen-bond acceptors (Lipinski definition) is 4. The van der Waals surface area contributed by atoms with Gasteiger partial charge in [0.05, 0.1) is 6.61 Å². The first kappa shape index (κ1) is 23.9. The minimum absolute atomic E-state index is 0.115. The molecule has 2 atom stereocenters. The van der Waals surface area contributed by atoms with E-state index in [1.807, 2.05) is 0 Å². The molecular formula is C21H38O4. The Labute approximate surface area is 154 Å². The molecule has 146 valence electrons. The van der Waals surface area contributed by atoms with Gasteiger partial charge < -0.3 is 14.9 Å². The van der Waals surface area contributed by atoms with Crippen molar-refractivity contribution in [3.8, 4) is 0 Å². The average Bonchev–Trinajstić information content (AvgIpc) is 2.62. The fraction of sp³-hybridized carbons (Fsp3) is 0.762. The minimum Gasteiger partial charge on any atom is -0.463 e. The monoisotopic (exact) mass is 354 g/mol. The predicted octanol–water partition coefficient (Wildman–Crippen LogP) is 4.55. The molecule has 25 heavy (non-hydrogen) atoms. The van der Waals surface area contributed by atoms with E-state index in [1.165, 1.54) is 25.7 Å². The second-order valence-corrected chi connectivity index (χ2v) is 6.78. The molecule has 2 N–H and O–H groups in total. The van der Waals surface area contributed by atoms with Crippen LogP contribution in [0.25, 0.3) is 0 Å². The van der Waals surface area contributed by atoms with Gasteiger partial charge >= 0.3 is 5.97 Å². The quantitative estimate of drug-likeness (QED) is 0.242. The van der Waals surface area contributed by atoms with Gasteiger partial charge in [-0.25, -0.2) is 0 Å². The number of aliphatic hydroxyl groups excluding tert-OH is 2. The Morgan fingerprint density at radius 2 is 1.68 bits per heavy atom. The van der Waals surface area contributed by atoms with Gasteiger partial charge in [-0.2, -0.15) is 0 Å². The van der Waals surface area contributed by atoms with Crippen molar-refractivity contribution in [2.24, 2.45) is 5.92 Å². The smallest absolute Gasteiger partial charge is 0.305 e. The van der Waals surface area contributed by atoms with Crippen molar-refractivity contribution in [3.05, 3.63) is 24.3 Å². The van der Waals surface area contributed by atoms with E-state index in [9.17, 15) is 4.79 Å². The van der Waals surface area contributed by atoms with E-state index in [2.05, 4.69) is 38.2 Å². The number of unbranched alkanes of at least 4 members (excludes halogenated alkanes) is 6.